The van der Waals surface area contributed by atoms with Crippen molar-refractivity contribution in [3.63, 3.8) is 0 Å². The summed E-state index contributed by atoms with van der Waals surface area (Å²) < 4.78 is 0. The molecule has 1 aromatic rings. The molecule has 1 aliphatic rings. The molecular weight excluding hydrogens is 244 g/mol. The van der Waals surface area contributed by atoms with Gasteiger partial charge in [-0.25, -0.2) is 0 Å². The molecule has 0 bridgehead atoms. The van der Waals surface area contributed by atoms with Gasteiger partial charge in [0, 0.05) is 6.20 Å². The van der Waals surface area contributed by atoms with Crippen LogP contribution in [0.25, 0.3) is 0 Å². The zero-order valence-corrected chi connectivity index (χ0v) is 9.65. The second-order valence-corrected chi connectivity index (χ2v) is 3.82. The van der Waals surface area contributed by atoms with Gasteiger partial charge in [-0.3, -0.25) is 25.0 Å². The molecule has 2 amide bonds. The highest BCUT2D eigenvalue weighted by atomic mass is 35.5. The minimum Gasteiger partial charge on any atom is -0.342 e. The van der Waals surface area contributed by atoms with Gasteiger partial charge in [0.1, 0.15) is 11.9 Å². The first-order valence-electron chi connectivity index (χ1n) is 5.04. The summed E-state index contributed by atoms with van der Waals surface area (Å²) in [6, 6.07) is 3.01. The Morgan fingerprint density at radius 3 is 3.18 bits per heavy atom. The van der Waals surface area contributed by atoms with Gasteiger partial charge in [0.2, 0.25) is 5.91 Å². The number of nitrogens with zero attached hydrogens (tertiary/aromatic N) is 2. The Balaban J connectivity index is 2.02. The minimum absolute atomic E-state index is 0.156. The number of carbonyl (C=O) groups is 2. The van der Waals surface area contributed by atoms with Crippen LogP contribution in [0.5, 0.6) is 0 Å². The molecule has 1 atom stereocenters. The second-order valence-electron chi connectivity index (χ2n) is 3.55. The molecule has 17 heavy (non-hydrogen) atoms. The van der Waals surface area contributed by atoms with Gasteiger partial charge in [-0.2, -0.15) is 0 Å². The number of alkyl halides is 1. The molecule has 1 aromatic heterocycles. The summed E-state index contributed by atoms with van der Waals surface area (Å²) in [5.74, 6) is -0.774. The van der Waals surface area contributed by atoms with Crippen LogP contribution in [0, 0.1) is 0 Å². The molecule has 0 saturated carbocycles. The smallest absolute Gasteiger partial charge is 0.262 e. The van der Waals surface area contributed by atoms with Crippen molar-refractivity contribution in [3.8, 4) is 0 Å². The number of anilines is 1. The van der Waals surface area contributed by atoms with Gasteiger partial charge in [-0.05, 0) is 12.1 Å². The zero-order chi connectivity index (χ0) is 12.3. The molecule has 0 aromatic carbocycles. The average molecular weight is 255 g/mol. The molecule has 1 aliphatic heterocycles. The lowest BCUT2D eigenvalue weighted by molar-refractivity contribution is -0.125. The van der Waals surface area contributed by atoms with E-state index in [4.69, 9.17) is 11.6 Å². The van der Waals surface area contributed by atoms with E-state index in [1.54, 1.807) is 23.5 Å². The van der Waals surface area contributed by atoms with E-state index < -0.39 is 6.04 Å². The Morgan fingerprint density at radius 2 is 2.53 bits per heavy atom. The molecule has 90 valence electrons. The van der Waals surface area contributed by atoms with Crippen LogP contribution in [0.4, 0.5) is 5.69 Å². The fourth-order valence-electron chi connectivity index (χ4n) is 1.55. The van der Waals surface area contributed by atoms with E-state index in [-0.39, 0.29) is 17.7 Å². The Labute approximate surface area is 103 Å². The highest BCUT2D eigenvalue weighted by Gasteiger charge is 2.31. The number of hydrogen-bond donors (Lipinski definition) is 2. The predicted molar refractivity (Wildman–Crippen MR) is 62.4 cm³/mol. The van der Waals surface area contributed by atoms with Crippen LogP contribution in [0.15, 0.2) is 24.5 Å². The monoisotopic (exact) mass is 254 g/mol. The number of carbonyl (C=O) groups excluding carboxylic acids is 2. The largest absolute Gasteiger partial charge is 0.342 e. The van der Waals surface area contributed by atoms with Crippen molar-refractivity contribution in [1.29, 1.82) is 0 Å². The summed E-state index contributed by atoms with van der Waals surface area (Å²) in [7, 11) is 0. The first-order valence-corrected chi connectivity index (χ1v) is 5.57. The fraction of sp³-hybridized carbons (Fsp3) is 0.300. The van der Waals surface area contributed by atoms with E-state index >= 15 is 0 Å². The lowest BCUT2D eigenvalue weighted by atomic mass is 10.3. The SMILES string of the molecule is O=C(CCl)NC1CN(c2cccnc2)NC1=O. The number of nitrogens with one attached hydrogen (secondary N) is 2. The molecule has 2 N–H and O–H groups in total. The highest BCUT2D eigenvalue weighted by Crippen LogP contribution is 2.13. The van der Waals surface area contributed by atoms with Gasteiger partial charge in [0.25, 0.3) is 5.91 Å². The Bertz CT molecular complexity index is 426. The van der Waals surface area contributed by atoms with Crippen molar-refractivity contribution < 1.29 is 9.59 Å². The first-order chi connectivity index (χ1) is 8.20. The van der Waals surface area contributed by atoms with Gasteiger partial charge in [0.05, 0.1) is 18.4 Å². The van der Waals surface area contributed by atoms with Crippen LogP contribution in [0.2, 0.25) is 0 Å². The van der Waals surface area contributed by atoms with E-state index in [1.165, 1.54) is 0 Å². The molecule has 2 heterocycles. The van der Waals surface area contributed by atoms with Crippen LogP contribution in [-0.4, -0.2) is 35.3 Å². The summed E-state index contributed by atoms with van der Waals surface area (Å²) in [6.07, 6.45) is 3.28. The molecule has 0 radical (unpaired) electrons. The van der Waals surface area contributed by atoms with Gasteiger partial charge in [0.15, 0.2) is 0 Å². The molecule has 2 rings (SSSR count). The van der Waals surface area contributed by atoms with Crippen LogP contribution in [0.3, 0.4) is 0 Å². The Hall–Kier alpha value is -1.82. The third-order valence-electron chi connectivity index (χ3n) is 2.34. The van der Waals surface area contributed by atoms with E-state index in [9.17, 15) is 9.59 Å². The maximum absolute atomic E-state index is 11.6. The summed E-state index contributed by atoms with van der Waals surface area (Å²) in [4.78, 5) is 26.6. The number of hydrogen-bond acceptors (Lipinski definition) is 4. The van der Waals surface area contributed by atoms with Gasteiger partial charge in [-0.15, -0.1) is 11.6 Å². The van der Waals surface area contributed by atoms with Crippen molar-refractivity contribution in [3.05, 3.63) is 24.5 Å². The van der Waals surface area contributed by atoms with Crippen molar-refractivity contribution >= 4 is 29.1 Å². The predicted octanol–water partition coefficient (Wildman–Crippen LogP) is -0.344. The standard InChI is InChI=1S/C10H11ClN4O2/c11-4-9(16)13-8-6-15(14-10(8)17)7-2-1-3-12-5-7/h1-3,5,8H,4,6H2,(H,13,16)(H,14,17). The molecule has 7 heteroatoms. The summed E-state index contributed by atoms with van der Waals surface area (Å²) >= 11 is 5.36. The minimum atomic E-state index is -0.582. The maximum atomic E-state index is 11.6. The molecule has 1 fully saturated rings. The van der Waals surface area contributed by atoms with Crippen molar-refractivity contribution in [2.24, 2.45) is 0 Å². The lowest BCUT2D eigenvalue weighted by Gasteiger charge is -2.16. The number of hydrazine groups is 1. The second kappa shape index (κ2) is 5.01. The fourth-order valence-corrected chi connectivity index (χ4v) is 1.63. The number of rotatable bonds is 3. The summed E-state index contributed by atoms with van der Waals surface area (Å²) in [5.41, 5.74) is 3.41. The Morgan fingerprint density at radius 1 is 1.71 bits per heavy atom. The van der Waals surface area contributed by atoms with E-state index in [2.05, 4.69) is 15.7 Å². The summed E-state index contributed by atoms with van der Waals surface area (Å²) in [5, 5.41) is 4.17. The molecule has 1 unspecified atom stereocenters. The van der Waals surface area contributed by atoms with Crippen LogP contribution >= 0.6 is 11.6 Å². The van der Waals surface area contributed by atoms with E-state index in [0.717, 1.165) is 5.69 Å². The molecule has 0 spiro atoms. The number of aromatic nitrogens is 1. The topological polar surface area (TPSA) is 74.3 Å². The van der Waals surface area contributed by atoms with Crippen LogP contribution < -0.4 is 15.8 Å². The molecular formula is C10H11ClN4O2. The van der Waals surface area contributed by atoms with Gasteiger partial charge < -0.3 is 5.32 Å². The first kappa shape index (κ1) is 11.7. The van der Waals surface area contributed by atoms with Crippen LogP contribution in [0.1, 0.15) is 0 Å². The normalized spacial score (nSPS) is 19.0. The van der Waals surface area contributed by atoms with Crippen molar-refractivity contribution in [2.45, 2.75) is 6.04 Å². The maximum Gasteiger partial charge on any atom is 0.262 e. The molecule has 0 aliphatic carbocycles. The Kier molecular flexibility index (Phi) is 3.43. The molecule has 1 saturated heterocycles. The van der Waals surface area contributed by atoms with E-state index in [1.807, 2.05) is 6.07 Å². The van der Waals surface area contributed by atoms with Crippen molar-refractivity contribution in [2.75, 3.05) is 17.4 Å². The lowest BCUT2D eigenvalue weighted by Crippen LogP contribution is -2.42. The number of halogens is 1. The quantitative estimate of drug-likeness (QED) is 0.724. The van der Waals surface area contributed by atoms with Gasteiger partial charge in [-0.1, -0.05) is 0 Å². The highest BCUT2D eigenvalue weighted by molar-refractivity contribution is 6.27. The summed E-state index contributed by atoms with van der Waals surface area (Å²) in [6.45, 7) is 0.354. The molecule has 6 nitrogen and oxygen atoms in total. The van der Waals surface area contributed by atoms with Gasteiger partial charge >= 0.3 is 0 Å². The van der Waals surface area contributed by atoms with Crippen molar-refractivity contribution in [1.82, 2.24) is 15.7 Å². The van der Waals surface area contributed by atoms with E-state index in [0.29, 0.717) is 6.54 Å². The average Bonchev–Trinajstić information content (AvgIpc) is 2.72. The third kappa shape index (κ3) is 2.65. The number of pyridine rings is 1. The number of amides is 2. The van der Waals surface area contributed by atoms with Crippen LogP contribution in [-0.2, 0) is 9.59 Å². The third-order valence-corrected chi connectivity index (χ3v) is 2.58. The zero-order valence-electron chi connectivity index (χ0n) is 8.89.